The number of amides is 2. The van der Waals surface area contributed by atoms with Gasteiger partial charge < -0.3 is 29.7 Å². The van der Waals surface area contributed by atoms with Gasteiger partial charge in [-0.2, -0.15) is 15.0 Å². The molecule has 2 aromatic heterocycles. The van der Waals surface area contributed by atoms with E-state index in [0.717, 1.165) is 12.0 Å². The summed E-state index contributed by atoms with van der Waals surface area (Å²) in [6.45, 7) is 3.83. The minimum absolute atomic E-state index is 0.0716. The molecule has 0 aliphatic carbocycles. The van der Waals surface area contributed by atoms with Crippen LogP contribution in [0.3, 0.4) is 0 Å². The largest absolute Gasteiger partial charge is 0.457 e. The molecule has 2 saturated heterocycles. The molecule has 11 nitrogen and oxygen atoms in total. The summed E-state index contributed by atoms with van der Waals surface area (Å²) in [5, 5.41) is 5.53. The average molecular weight is 463 g/mol. The summed E-state index contributed by atoms with van der Waals surface area (Å²) < 4.78 is 16.8. The quantitative estimate of drug-likeness (QED) is 0.568. The van der Waals surface area contributed by atoms with Crippen molar-refractivity contribution in [1.29, 1.82) is 0 Å². The summed E-state index contributed by atoms with van der Waals surface area (Å²) in [5.74, 6) is 1.05. The van der Waals surface area contributed by atoms with Crippen molar-refractivity contribution in [2.75, 3.05) is 55.1 Å². The van der Waals surface area contributed by atoms with Crippen molar-refractivity contribution in [2.45, 2.75) is 12.5 Å². The number of carbonyl (C=O) groups is 1. The van der Waals surface area contributed by atoms with Crippen LogP contribution in [0, 0.1) is 0 Å². The maximum atomic E-state index is 12.2. The zero-order valence-electron chi connectivity index (χ0n) is 18.5. The molecule has 176 valence electrons. The van der Waals surface area contributed by atoms with Gasteiger partial charge in [-0.1, -0.05) is 0 Å². The fraction of sp³-hybridized carbons (Fsp3) is 0.348. The second-order valence-corrected chi connectivity index (χ2v) is 7.84. The first-order chi connectivity index (χ1) is 16.7. The number of benzene rings is 1. The number of urea groups is 1. The molecule has 5 rings (SSSR count). The minimum Gasteiger partial charge on any atom is -0.457 e. The average Bonchev–Trinajstić information content (AvgIpc) is 3.38. The van der Waals surface area contributed by atoms with Crippen LogP contribution < -0.4 is 20.3 Å². The van der Waals surface area contributed by atoms with Crippen molar-refractivity contribution in [3.05, 3.63) is 48.8 Å². The van der Waals surface area contributed by atoms with Gasteiger partial charge in [0, 0.05) is 37.0 Å². The van der Waals surface area contributed by atoms with E-state index in [2.05, 4.69) is 35.5 Å². The van der Waals surface area contributed by atoms with Gasteiger partial charge in [-0.25, -0.2) is 4.79 Å². The van der Waals surface area contributed by atoms with E-state index in [-0.39, 0.29) is 18.1 Å². The van der Waals surface area contributed by atoms with Gasteiger partial charge in [-0.3, -0.25) is 4.98 Å². The lowest BCUT2D eigenvalue weighted by Crippen LogP contribution is -2.37. The number of nitrogens with zero attached hydrogens (tertiary/aromatic N) is 5. The van der Waals surface area contributed by atoms with Crippen LogP contribution in [-0.2, 0) is 9.47 Å². The topological polar surface area (TPSA) is 124 Å². The highest BCUT2D eigenvalue weighted by Crippen LogP contribution is 2.24. The maximum Gasteiger partial charge on any atom is 0.323 e. The molecule has 2 amide bonds. The second-order valence-electron chi connectivity index (χ2n) is 7.84. The van der Waals surface area contributed by atoms with Crippen LogP contribution in [-0.4, -0.2) is 71.6 Å². The molecule has 0 bridgehead atoms. The SMILES string of the molecule is O=C(Nc1ccc(-c2nc(OC3CCOC3)nc(N3CCOCC3)n2)cc1)Nc1cccnc1. The molecule has 11 heteroatoms. The van der Waals surface area contributed by atoms with Crippen molar-refractivity contribution in [3.63, 3.8) is 0 Å². The third kappa shape index (κ3) is 5.56. The molecule has 1 unspecified atom stereocenters. The summed E-state index contributed by atoms with van der Waals surface area (Å²) in [6.07, 6.45) is 3.95. The molecule has 1 atom stereocenters. The maximum absolute atomic E-state index is 12.2. The Morgan fingerprint density at radius 1 is 0.971 bits per heavy atom. The fourth-order valence-electron chi connectivity index (χ4n) is 3.62. The highest BCUT2D eigenvalue weighted by molar-refractivity contribution is 5.99. The number of ether oxygens (including phenoxy) is 3. The van der Waals surface area contributed by atoms with Gasteiger partial charge in [0.15, 0.2) is 5.82 Å². The molecule has 2 N–H and O–H groups in total. The Morgan fingerprint density at radius 2 is 1.79 bits per heavy atom. The van der Waals surface area contributed by atoms with E-state index in [1.54, 1.807) is 36.7 Å². The summed E-state index contributed by atoms with van der Waals surface area (Å²) >= 11 is 0. The lowest BCUT2D eigenvalue weighted by Gasteiger charge is -2.27. The van der Waals surface area contributed by atoms with E-state index in [0.29, 0.717) is 62.7 Å². The van der Waals surface area contributed by atoms with E-state index in [4.69, 9.17) is 14.2 Å². The molecule has 2 fully saturated rings. The summed E-state index contributed by atoms with van der Waals surface area (Å²) in [7, 11) is 0. The van der Waals surface area contributed by atoms with E-state index < -0.39 is 0 Å². The Kier molecular flexibility index (Phi) is 6.73. The van der Waals surface area contributed by atoms with Crippen LogP contribution in [0.15, 0.2) is 48.8 Å². The van der Waals surface area contributed by atoms with E-state index >= 15 is 0 Å². The van der Waals surface area contributed by atoms with Gasteiger partial charge in [0.25, 0.3) is 0 Å². The third-order valence-corrected chi connectivity index (χ3v) is 5.38. The van der Waals surface area contributed by atoms with Crippen molar-refractivity contribution >= 4 is 23.4 Å². The van der Waals surface area contributed by atoms with Crippen molar-refractivity contribution in [1.82, 2.24) is 19.9 Å². The second kappa shape index (κ2) is 10.4. The van der Waals surface area contributed by atoms with E-state index in [9.17, 15) is 4.79 Å². The first kappa shape index (κ1) is 22.0. The standard InChI is InChI=1S/C23H25N7O4/c31-22(26-18-2-1-8-24-14-18)25-17-5-3-16(4-6-17)20-27-21(30-9-12-32-13-10-30)29-23(28-20)34-19-7-11-33-15-19/h1-6,8,14,19H,7,9-13,15H2,(H2,25,26,31). The van der Waals surface area contributed by atoms with Gasteiger partial charge in [0.1, 0.15) is 6.10 Å². The Morgan fingerprint density at radius 3 is 2.53 bits per heavy atom. The van der Waals surface area contributed by atoms with Gasteiger partial charge in [-0.05, 0) is 36.4 Å². The number of carbonyl (C=O) groups excluding carboxylic acids is 1. The lowest BCUT2D eigenvalue weighted by atomic mass is 10.2. The lowest BCUT2D eigenvalue weighted by molar-refractivity contribution is 0.121. The van der Waals surface area contributed by atoms with Crippen LogP contribution in [0.2, 0.25) is 0 Å². The molecule has 1 aromatic carbocycles. The predicted molar refractivity (Wildman–Crippen MR) is 125 cm³/mol. The molecular weight excluding hydrogens is 438 g/mol. The normalized spacial score (nSPS) is 17.9. The predicted octanol–water partition coefficient (Wildman–Crippen LogP) is 2.58. The smallest absolute Gasteiger partial charge is 0.323 e. The van der Waals surface area contributed by atoms with Crippen LogP contribution in [0.1, 0.15) is 6.42 Å². The molecule has 4 heterocycles. The number of pyridine rings is 1. The zero-order valence-corrected chi connectivity index (χ0v) is 18.5. The first-order valence-corrected chi connectivity index (χ1v) is 11.1. The number of hydrogen-bond donors (Lipinski definition) is 2. The number of morpholine rings is 1. The molecular formula is C23H25N7O4. The fourth-order valence-corrected chi connectivity index (χ4v) is 3.62. The minimum atomic E-state index is -0.356. The Balaban J connectivity index is 1.33. The van der Waals surface area contributed by atoms with Crippen LogP contribution >= 0.6 is 0 Å². The molecule has 34 heavy (non-hydrogen) atoms. The summed E-state index contributed by atoms with van der Waals surface area (Å²) in [5.41, 5.74) is 2.02. The van der Waals surface area contributed by atoms with Crippen molar-refractivity contribution in [3.8, 4) is 17.4 Å². The molecule has 2 aliphatic heterocycles. The summed E-state index contributed by atoms with van der Waals surface area (Å²) in [6, 6.07) is 10.7. The van der Waals surface area contributed by atoms with Gasteiger partial charge in [0.2, 0.25) is 5.95 Å². The van der Waals surface area contributed by atoms with E-state index in [1.165, 1.54) is 0 Å². The van der Waals surface area contributed by atoms with Gasteiger partial charge >= 0.3 is 12.0 Å². The molecule has 0 radical (unpaired) electrons. The molecule has 0 spiro atoms. The third-order valence-electron chi connectivity index (χ3n) is 5.38. The van der Waals surface area contributed by atoms with Crippen molar-refractivity contribution < 1.29 is 19.0 Å². The number of anilines is 3. The highest BCUT2D eigenvalue weighted by atomic mass is 16.6. The zero-order chi connectivity index (χ0) is 23.2. The van der Waals surface area contributed by atoms with Crippen LogP contribution in [0.5, 0.6) is 6.01 Å². The molecule has 2 aliphatic rings. The Hall–Kier alpha value is -3.83. The summed E-state index contributed by atoms with van der Waals surface area (Å²) in [4.78, 5) is 32.0. The first-order valence-electron chi connectivity index (χ1n) is 11.1. The number of hydrogen-bond acceptors (Lipinski definition) is 9. The Labute approximate surface area is 196 Å². The van der Waals surface area contributed by atoms with Crippen LogP contribution in [0.25, 0.3) is 11.4 Å². The van der Waals surface area contributed by atoms with Gasteiger partial charge in [-0.15, -0.1) is 0 Å². The Bertz CT molecular complexity index is 1100. The van der Waals surface area contributed by atoms with Crippen molar-refractivity contribution in [2.24, 2.45) is 0 Å². The number of rotatable bonds is 6. The van der Waals surface area contributed by atoms with E-state index in [1.807, 2.05) is 12.1 Å². The highest BCUT2D eigenvalue weighted by Gasteiger charge is 2.22. The molecule has 3 aromatic rings. The monoisotopic (exact) mass is 463 g/mol. The van der Waals surface area contributed by atoms with Gasteiger partial charge in [0.05, 0.1) is 38.3 Å². The van der Waals surface area contributed by atoms with Crippen LogP contribution in [0.4, 0.5) is 22.1 Å². The number of nitrogens with one attached hydrogen (secondary N) is 2. The number of aromatic nitrogens is 4. The molecule has 0 saturated carbocycles.